The number of rotatable bonds is 20. The maximum absolute atomic E-state index is 11.7. The Morgan fingerprint density at radius 2 is 1.05 bits per heavy atom. The van der Waals surface area contributed by atoms with Gasteiger partial charge in [0.2, 0.25) is 0 Å². The van der Waals surface area contributed by atoms with E-state index in [0.717, 1.165) is 18.6 Å². The molecule has 0 bridgehead atoms. The number of ether oxygens (including phenoxy) is 5. The smallest absolute Gasteiger partial charge is 0.330 e. The third-order valence-electron chi connectivity index (χ3n) is 4.94. The van der Waals surface area contributed by atoms with Gasteiger partial charge in [-0.2, -0.15) is 0 Å². The van der Waals surface area contributed by atoms with Crippen LogP contribution >= 0.6 is 0 Å². The van der Waals surface area contributed by atoms with E-state index >= 15 is 0 Å². The van der Waals surface area contributed by atoms with Crippen LogP contribution in [0.2, 0.25) is 0 Å². The molecule has 43 heavy (non-hydrogen) atoms. The molecule has 14 nitrogen and oxygen atoms in total. The highest BCUT2D eigenvalue weighted by molar-refractivity contribution is 5.81. The zero-order valence-electron chi connectivity index (χ0n) is 25.6. The Bertz CT molecular complexity index is 837. The van der Waals surface area contributed by atoms with Crippen LogP contribution in [0.25, 0.3) is 0 Å². The Hall–Kier alpha value is -3.78. The first-order chi connectivity index (χ1) is 20.2. The summed E-state index contributed by atoms with van der Waals surface area (Å²) in [5, 5.41) is 26.2. The lowest BCUT2D eigenvalue weighted by Gasteiger charge is -2.18. The van der Waals surface area contributed by atoms with Crippen LogP contribution in [-0.2, 0) is 52.5 Å². The summed E-state index contributed by atoms with van der Waals surface area (Å²) < 4.78 is 23.7. The summed E-state index contributed by atoms with van der Waals surface area (Å²) in [4.78, 5) is 65.2. The normalized spacial score (nSPS) is 11.8. The van der Waals surface area contributed by atoms with Crippen molar-refractivity contribution in [1.82, 2.24) is 0 Å². The van der Waals surface area contributed by atoms with Gasteiger partial charge >= 0.3 is 35.8 Å². The van der Waals surface area contributed by atoms with Gasteiger partial charge in [0.25, 0.3) is 0 Å². The van der Waals surface area contributed by atoms with Gasteiger partial charge < -0.3 is 39.0 Å². The molecule has 0 amide bonds. The summed E-state index contributed by atoms with van der Waals surface area (Å²) in [7, 11) is 0. The average Bonchev–Trinajstić information content (AvgIpc) is 2.98. The van der Waals surface area contributed by atoms with Crippen LogP contribution < -0.4 is 0 Å². The van der Waals surface area contributed by atoms with Gasteiger partial charge in [0, 0.05) is 18.6 Å². The predicted molar refractivity (Wildman–Crippen MR) is 153 cm³/mol. The molecule has 248 valence electrons. The van der Waals surface area contributed by atoms with Crippen molar-refractivity contribution in [2.75, 3.05) is 26.4 Å². The maximum Gasteiger partial charge on any atom is 0.330 e. The number of aliphatic hydroxyl groups excluding tert-OH is 2. The molecule has 0 heterocycles. The second-order valence-electron chi connectivity index (χ2n) is 8.65. The number of carbonyl (C=O) groups is 6. The quantitative estimate of drug-likeness (QED) is 0.0773. The van der Waals surface area contributed by atoms with Crippen LogP contribution in [-0.4, -0.2) is 95.9 Å². The fraction of sp³-hybridized carbons (Fsp3) is 0.655. The minimum absolute atomic E-state index is 0.0617. The first kappa shape index (κ1) is 43.7. The number of carboxylic acid groups (broad SMARTS) is 1. The standard InChI is InChI=1S/C16H26O7.C9H12O6.C4H10O/c1-4-12(17)11-13(5-2)23-16(20)8-7-15(19)22-10-9-21-14(18)6-3;1-2-8(12)14-5-6-15-9(13)4-3-7(10)11;1-3-4(2)5/h6,12-13,17H,3-5,7-11H2,1-2H3;2H,1,3-6H2,(H,10,11);4-5H,3H2,1-2H3. The van der Waals surface area contributed by atoms with Crippen LogP contribution in [0.1, 0.15) is 79.1 Å². The van der Waals surface area contributed by atoms with Crippen LogP contribution in [0.3, 0.4) is 0 Å². The molecule has 0 saturated heterocycles. The number of carboxylic acids is 1. The van der Waals surface area contributed by atoms with Crippen molar-refractivity contribution in [2.45, 2.75) is 97.4 Å². The van der Waals surface area contributed by atoms with E-state index < -0.39 is 41.9 Å². The minimum Gasteiger partial charge on any atom is -0.481 e. The summed E-state index contributed by atoms with van der Waals surface area (Å²) in [5.74, 6) is -3.97. The van der Waals surface area contributed by atoms with E-state index in [1.807, 2.05) is 20.8 Å². The molecule has 0 saturated carbocycles. The number of carbonyl (C=O) groups excluding carboxylic acids is 5. The van der Waals surface area contributed by atoms with Crippen molar-refractivity contribution in [3.8, 4) is 0 Å². The van der Waals surface area contributed by atoms with E-state index in [4.69, 9.17) is 19.7 Å². The molecule has 0 aliphatic heterocycles. The van der Waals surface area contributed by atoms with Crippen molar-refractivity contribution in [2.24, 2.45) is 0 Å². The monoisotopic (exact) mass is 620 g/mol. The maximum atomic E-state index is 11.7. The predicted octanol–water partition coefficient (Wildman–Crippen LogP) is 2.42. The lowest BCUT2D eigenvalue weighted by Crippen LogP contribution is -2.23. The Morgan fingerprint density at radius 3 is 1.40 bits per heavy atom. The van der Waals surface area contributed by atoms with Crippen molar-refractivity contribution < 1.29 is 67.8 Å². The number of aliphatic carboxylic acids is 1. The van der Waals surface area contributed by atoms with Gasteiger partial charge in [-0.25, -0.2) is 9.59 Å². The highest BCUT2D eigenvalue weighted by Crippen LogP contribution is 2.11. The highest BCUT2D eigenvalue weighted by Gasteiger charge is 2.17. The fourth-order valence-corrected chi connectivity index (χ4v) is 2.28. The van der Waals surface area contributed by atoms with Gasteiger partial charge in [0.15, 0.2) is 0 Å². The molecule has 3 N–H and O–H groups in total. The zero-order chi connectivity index (χ0) is 33.6. The van der Waals surface area contributed by atoms with Crippen LogP contribution in [0, 0.1) is 0 Å². The molecule has 14 heteroatoms. The first-order valence-corrected chi connectivity index (χ1v) is 13.9. The van der Waals surface area contributed by atoms with Crippen molar-refractivity contribution in [1.29, 1.82) is 0 Å². The molecule has 0 aliphatic rings. The number of esters is 5. The number of hydrogen-bond acceptors (Lipinski definition) is 13. The zero-order valence-corrected chi connectivity index (χ0v) is 25.6. The third-order valence-corrected chi connectivity index (χ3v) is 4.94. The molecule has 0 aliphatic carbocycles. The summed E-state index contributed by atoms with van der Waals surface area (Å²) >= 11 is 0. The molecule has 0 aromatic rings. The average molecular weight is 621 g/mol. The van der Waals surface area contributed by atoms with Gasteiger partial charge in [-0.05, 0) is 26.2 Å². The Balaban J connectivity index is -0.000000682. The molecule has 3 unspecified atom stereocenters. The fourth-order valence-electron chi connectivity index (χ4n) is 2.28. The Labute approximate surface area is 253 Å². The molecule has 0 radical (unpaired) electrons. The van der Waals surface area contributed by atoms with Crippen LogP contribution in [0.4, 0.5) is 0 Å². The summed E-state index contributed by atoms with van der Waals surface area (Å²) in [5.41, 5.74) is 0. The van der Waals surface area contributed by atoms with Gasteiger partial charge in [0.05, 0.1) is 37.9 Å². The van der Waals surface area contributed by atoms with E-state index in [1.54, 1.807) is 6.92 Å². The van der Waals surface area contributed by atoms with E-state index in [0.29, 0.717) is 19.3 Å². The largest absolute Gasteiger partial charge is 0.481 e. The van der Waals surface area contributed by atoms with E-state index in [2.05, 4.69) is 27.4 Å². The SMILES string of the molecule is C=CC(=O)OCCOC(=O)CCC(=O)O.C=CC(=O)OCCOC(=O)CCC(=O)OC(CC)CC(O)CC.CCC(C)O. The van der Waals surface area contributed by atoms with Gasteiger partial charge in [0.1, 0.15) is 32.5 Å². The van der Waals surface area contributed by atoms with E-state index in [1.165, 1.54) is 0 Å². The summed E-state index contributed by atoms with van der Waals surface area (Å²) in [6.07, 6.45) is 2.80. The number of aliphatic hydroxyl groups is 2. The second kappa shape index (κ2) is 29.7. The van der Waals surface area contributed by atoms with Gasteiger partial charge in [-0.1, -0.05) is 33.9 Å². The first-order valence-electron chi connectivity index (χ1n) is 13.9. The topological polar surface area (TPSA) is 209 Å². The molecule has 0 fully saturated rings. The minimum atomic E-state index is -1.06. The molecular formula is C29H48O14. The summed E-state index contributed by atoms with van der Waals surface area (Å²) in [6.45, 7) is 13.6. The molecule has 0 spiro atoms. The van der Waals surface area contributed by atoms with Crippen molar-refractivity contribution >= 4 is 35.8 Å². The van der Waals surface area contributed by atoms with Crippen LogP contribution in [0.5, 0.6) is 0 Å². The van der Waals surface area contributed by atoms with Gasteiger partial charge in [-0.3, -0.25) is 19.2 Å². The van der Waals surface area contributed by atoms with Crippen molar-refractivity contribution in [3.63, 3.8) is 0 Å². The molecule has 0 rings (SSSR count). The molecular weight excluding hydrogens is 572 g/mol. The highest BCUT2D eigenvalue weighted by atomic mass is 16.6. The Morgan fingerprint density at radius 1 is 0.651 bits per heavy atom. The lowest BCUT2D eigenvalue weighted by molar-refractivity contribution is -0.155. The molecule has 3 atom stereocenters. The van der Waals surface area contributed by atoms with E-state index in [9.17, 15) is 33.9 Å². The lowest BCUT2D eigenvalue weighted by atomic mass is 10.1. The Kier molecular flexibility index (Phi) is 30.2. The van der Waals surface area contributed by atoms with E-state index in [-0.39, 0.29) is 64.3 Å². The molecule has 0 aromatic heterocycles. The summed E-state index contributed by atoms with van der Waals surface area (Å²) in [6, 6.07) is 0. The molecule has 0 aromatic carbocycles. The van der Waals surface area contributed by atoms with Crippen molar-refractivity contribution in [3.05, 3.63) is 25.3 Å². The number of hydrogen-bond donors (Lipinski definition) is 3. The van der Waals surface area contributed by atoms with Crippen LogP contribution in [0.15, 0.2) is 25.3 Å². The second-order valence-corrected chi connectivity index (χ2v) is 8.65. The van der Waals surface area contributed by atoms with Gasteiger partial charge in [-0.15, -0.1) is 0 Å². The third kappa shape index (κ3) is 34.3.